The number of ether oxygens (including phenoxy) is 1. The number of cyclic esters (lactones) is 1. The van der Waals surface area contributed by atoms with E-state index in [-0.39, 0.29) is 17.7 Å². The van der Waals surface area contributed by atoms with Gasteiger partial charge in [0, 0.05) is 12.0 Å². The lowest BCUT2D eigenvalue weighted by Crippen LogP contribution is -2.24. The van der Waals surface area contributed by atoms with Crippen LogP contribution in [0, 0.1) is 24.6 Å². The molecule has 1 aliphatic heterocycles. The zero-order valence-electron chi connectivity index (χ0n) is 19.3. The van der Waals surface area contributed by atoms with Crippen molar-refractivity contribution >= 4 is 11.9 Å². The molecule has 0 unspecified atom stereocenters. The third-order valence-electron chi connectivity index (χ3n) is 7.16. The van der Waals surface area contributed by atoms with Crippen molar-refractivity contribution in [3.05, 3.63) is 94.3 Å². The molecule has 3 atom stereocenters. The number of aryl methyl sites for hydroxylation is 1. The maximum atomic E-state index is 14.3. The fourth-order valence-corrected chi connectivity index (χ4v) is 5.12. The number of benzene rings is 3. The predicted molar refractivity (Wildman–Crippen MR) is 127 cm³/mol. The lowest BCUT2D eigenvalue weighted by atomic mass is 9.81. The molecule has 1 fully saturated rings. The van der Waals surface area contributed by atoms with E-state index in [9.17, 15) is 19.1 Å². The van der Waals surface area contributed by atoms with Crippen LogP contribution in [0.2, 0.25) is 0 Å². The number of carbonyl (C=O) groups excluding carboxylic acids is 1. The summed E-state index contributed by atoms with van der Waals surface area (Å²) in [7, 11) is 0. The lowest BCUT2D eigenvalue weighted by Gasteiger charge is -2.27. The van der Waals surface area contributed by atoms with Gasteiger partial charge in [0.15, 0.2) is 0 Å². The average Bonchev–Trinajstić information content (AvgIpc) is 3.66. The highest BCUT2D eigenvalue weighted by molar-refractivity contribution is 5.92. The molecule has 1 N–H and O–H groups in total. The minimum atomic E-state index is -0.794. The number of hydrogen-bond acceptors (Lipinski definition) is 3. The Balaban J connectivity index is 1.42. The largest absolute Gasteiger partial charge is 0.481 e. The smallest absolute Gasteiger partial charge is 0.339 e. The molecule has 0 radical (unpaired) electrons. The third-order valence-corrected chi connectivity index (χ3v) is 7.16. The minimum Gasteiger partial charge on any atom is -0.481 e. The van der Waals surface area contributed by atoms with Crippen LogP contribution < -0.4 is 0 Å². The Bertz CT molecular complexity index is 1260. The molecule has 0 spiro atoms. The van der Waals surface area contributed by atoms with E-state index in [0.717, 1.165) is 40.7 Å². The van der Waals surface area contributed by atoms with E-state index in [1.54, 1.807) is 19.1 Å². The second kappa shape index (κ2) is 8.71. The van der Waals surface area contributed by atoms with E-state index >= 15 is 0 Å². The minimum absolute atomic E-state index is 0.0531. The Labute approximate surface area is 198 Å². The molecule has 2 aliphatic rings. The van der Waals surface area contributed by atoms with Gasteiger partial charge < -0.3 is 9.84 Å². The van der Waals surface area contributed by atoms with Gasteiger partial charge in [-0.25, -0.2) is 9.18 Å². The first-order chi connectivity index (χ1) is 16.3. The second-order valence-corrected chi connectivity index (χ2v) is 9.61. The van der Waals surface area contributed by atoms with Crippen LogP contribution >= 0.6 is 0 Å². The van der Waals surface area contributed by atoms with Crippen LogP contribution in [0.5, 0.6) is 0 Å². The lowest BCUT2D eigenvalue weighted by molar-refractivity contribution is -0.142. The molecule has 1 aliphatic carbocycles. The summed E-state index contributed by atoms with van der Waals surface area (Å²) in [6.45, 7) is 3.69. The van der Waals surface area contributed by atoms with Crippen LogP contribution in [0.25, 0.3) is 11.1 Å². The maximum Gasteiger partial charge on any atom is 0.339 e. The zero-order chi connectivity index (χ0) is 24.0. The molecule has 0 amide bonds. The van der Waals surface area contributed by atoms with Gasteiger partial charge in [0.1, 0.15) is 11.9 Å². The van der Waals surface area contributed by atoms with E-state index in [1.165, 1.54) is 6.07 Å². The quantitative estimate of drug-likeness (QED) is 0.430. The van der Waals surface area contributed by atoms with Gasteiger partial charge in [-0.3, -0.25) is 4.79 Å². The summed E-state index contributed by atoms with van der Waals surface area (Å²) in [6, 6.07) is 18.1. The Kier molecular flexibility index (Phi) is 5.72. The molecule has 4 nitrogen and oxygen atoms in total. The second-order valence-electron chi connectivity index (χ2n) is 9.61. The highest BCUT2D eigenvalue weighted by atomic mass is 19.1. The van der Waals surface area contributed by atoms with Crippen molar-refractivity contribution in [2.24, 2.45) is 11.8 Å². The number of carbonyl (C=O) groups is 2. The molecule has 3 aromatic rings. The fourth-order valence-electron chi connectivity index (χ4n) is 5.12. The standard InChI is InChI=1S/C29H27FO4/c1-16-3-12-25(30)24(13-16)18-4-6-19(7-5-18)26-15-22-14-21(10-11-23(22)29(33)34-26)27(20-8-9-20)17(2)28(31)32/h3-7,10-14,17,20,26-27H,8-9,15H2,1-2H3,(H,31,32)/t17-,26+,27-/m0/s1. The van der Waals surface area contributed by atoms with Gasteiger partial charge in [0.2, 0.25) is 0 Å². The Hall–Kier alpha value is -3.47. The molecule has 5 heteroatoms. The van der Waals surface area contributed by atoms with Crippen molar-refractivity contribution in [3.8, 4) is 11.1 Å². The molecule has 174 valence electrons. The molecular weight excluding hydrogens is 431 g/mol. The van der Waals surface area contributed by atoms with Crippen molar-refractivity contribution in [3.63, 3.8) is 0 Å². The fraction of sp³-hybridized carbons (Fsp3) is 0.310. The summed E-state index contributed by atoms with van der Waals surface area (Å²) in [6.07, 6.45) is 2.16. The average molecular weight is 459 g/mol. The molecule has 34 heavy (non-hydrogen) atoms. The van der Waals surface area contributed by atoms with Crippen molar-refractivity contribution in [1.82, 2.24) is 0 Å². The summed E-state index contributed by atoms with van der Waals surface area (Å²) in [4.78, 5) is 24.4. The van der Waals surface area contributed by atoms with Crippen LogP contribution in [-0.2, 0) is 16.0 Å². The number of halogens is 1. The summed E-state index contributed by atoms with van der Waals surface area (Å²) < 4.78 is 20.0. The number of fused-ring (bicyclic) bond motifs is 1. The molecule has 1 saturated carbocycles. The highest BCUT2D eigenvalue weighted by Gasteiger charge is 2.39. The molecular formula is C29H27FO4. The Morgan fingerprint density at radius 1 is 1.03 bits per heavy atom. The van der Waals surface area contributed by atoms with Gasteiger partial charge in [-0.1, -0.05) is 55.0 Å². The summed E-state index contributed by atoms with van der Waals surface area (Å²) >= 11 is 0. The monoisotopic (exact) mass is 458 g/mol. The molecule has 3 aromatic carbocycles. The predicted octanol–water partition coefficient (Wildman–Crippen LogP) is 6.47. The summed E-state index contributed by atoms with van der Waals surface area (Å²) in [5.74, 6) is -1.60. The van der Waals surface area contributed by atoms with Crippen LogP contribution in [0.4, 0.5) is 4.39 Å². The summed E-state index contributed by atoms with van der Waals surface area (Å²) in [5.41, 5.74) is 5.54. The van der Waals surface area contributed by atoms with Crippen LogP contribution in [0.1, 0.15) is 64.4 Å². The number of esters is 1. The number of carboxylic acid groups (broad SMARTS) is 1. The van der Waals surface area contributed by atoms with Crippen LogP contribution in [-0.4, -0.2) is 17.0 Å². The first kappa shape index (κ1) is 22.3. The first-order valence-electron chi connectivity index (χ1n) is 11.7. The molecule has 0 bridgehead atoms. The van der Waals surface area contributed by atoms with Gasteiger partial charge in [0.25, 0.3) is 0 Å². The Morgan fingerprint density at radius 2 is 1.76 bits per heavy atom. The Morgan fingerprint density at radius 3 is 2.44 bits per heavy atom. The molecule has 0 aromatic heterocycles. The van der Waals surface area contributed by atoms with Crippen molar-refractivity contribution in [2.45, 2.75) is 45.1 Å². The zero-order valence-corrected chi connectivity index (χ0v) is 19.3. The van der Waals surface area contributed by atoms with E-state index in [0.29, 0.717) is 23.5 Å². The van der Waals surface area contributed by atoms with Crippen LogP contribution in [0.3, 0.4) is 0 Å². The normalized spacial score (nSPS) is 19.1. The number of aliphatic carboxylic acids is 1. The van der Waals surface area contributed by atoms with Crippen LogP contribution in [0.15, 0.2) is 60.7 Å². The van der Waals surface area contributed by atoms with E-state index in [4.69, 9.17) is 4.74 Å². The van der Waals surface area contributed by atoms with Gasteiger partial charge in [-0.05, 0) is 72.1 Å². The summed E-state index contributed by atoms with van der Waals surface area (Å²) in [5, 5.41) is 9.60. The van der Waals surface area contributed by atoms with E-state index < -0.39 is 18.0 Å². The van der Waals surface area contributed by atoms with Crippen molar-refractivity contribution in [2.75, 3.05) is 0 Å². The number of rotatable bonds is 6. The van der Waals surface area contributed by atoms with Crippen molar-refractivity contribution < 1.29 is 23.8 Å². The molecule has 5 rings (SSSR count). The highest BCUT2D eigenvalue weighted by Crippen LogP contribution is 2.47. The van der Waals surface area contributed by atoms with E-state index in [1.807, 2.05) is 49.4 Å². The van der Waals surface area contributed by atoms with Gasteiger partial charge >= 0.3 is 11.9 Å². The van der Waals surface area contributed by atoms with E-state index in [2.05, 4.69) is 0 Å². The van der Waals surface area contributed by atoms with Gasteiger partial charge in [0.05, 0.1) is 11.5 Å². The third kappa shape index (κ3) is 4.23. The number of hydrogen-bond donors (Lipinski definition) is 1. The molecule has 0 saturated heterocycles. The van der Waals surface area contributed by atoms with Crippen molar-refractivity contribution in [1.29, 1.82) is 0 Å². The molecule has 1 heterocycles. The number of carboxylic acids is 1. The van der Waals surface area contributed by atoms with Gasteiger partial charge in [-0.15, -0.1) is 0 Å². The topological polar surface area (TPSA) is 63.6 Å². The first-order valence-corrected chi connectivity index (χ1v) is 11.7. The SMILES string of the molecule is Cc1ccc(F)c(-c2ccc([C@H]3Cc4cc([C@H](C5CC5)[C@H](C)C(=O)O)ccc4C(=O)O3)cc2)c1. The van der Waals surface area contributed by atoms with Gasteiger partial charge in [-0.2, -0.15) is 0 Å². The maximum absolute atomic E-state index is 14.3.